The summed E-state index contributed by atoms with van der Waals surface area (Å²) >= 11 is 1.50. The normalized spacial score (nSPS) is 19.2. The van der Waals surface area contributed by atoms with Gasteiger partial charge >= 0.3 is 5.97 Å². The molecule has 1 aromatic heterocycles. The van der Waals surface area contributed by atoms with Crippen molar-refractivity contribution in [2.45, 2.75) is 59.4 Å². The van der Waals surface area contributed by atoms with Crippen molar-refractivity contribution in [1.82, 2.24) is 0 Å². The van der Waals surface area contributed by atoms with Gasteiger partial charge < -0.3 is 9.64 Å². The third-order valence-corrected chi connectivity index (χ3v) is 6.79. The number of esters is 1. The Kier molecular flexibility index (Phi) is 7.12. The van der Waals surface area contributed by atoms with Gasteiger partial charge in [0.1, 0.15) is 5.00 Å². The van der Waals surface area contributed by atoms with E-state index in [1.807, 2.05) is 55.1 Å². The Morgan fingerprint density at radius 3 is 2.38 bits per heavy atom. The van der Waals surface area contributed by atoms with Crippen molar-refractivity contribution in [3.63, 3.8) is 0 Å². The summed E-state index contributed by atoms with van der Waals surface area (Å²) in [5.41, 5.74) is 1.53. The van der Waals surface area contributed by atoms with Gasteiger partial charge in [-0.05, 0) is 64.0 Å². The van der Waals surface area contributed by atoms with E-state index in [2.05, 4.69) is 6.92 Å². The van der Waals surface area contributed by atoms with Gasteiger partial charge in [-0.15, -0.1) is 11.3 Å². The topological polar surface area (TPSA) is 46.6 Å². The molecule has 0 aliphatic heterocycles. The molecule has 1 heterocycles. The Morgan fingerprint density at radius 1 is 1.14 bits per heavy atom. The van der Waals surface area contributed by atoms with Gasteiger partial charge in [0.25, 0.3) is 0 Å². The van der Waals surface area contributed by atoms with Crippen LogP contribution in [-0.2, 0) is 9.53 Å². The van der Waals surface area contributed by atoms with Crippen molar-refractivity contribution in [3.8, 4) is 10.4 Å². The van der Waals surface area contributed by atoms with Crippen LogP contribution in [0.4, 0.5) is 5.00 Å². The van der Waals surface area contributed by atoms with Crippen molar-refractivity contribution >= 4 is 28.2 Å². The first kappa shape index (κ1) is 21.6. The summed E-state index contributed by atoms with van der Waals surface area (Å²) < 4.78 is 5.32. The molecule has 29 heavy (non-hydrogen) atoms. The van der Waals surface area contributed by atoms with Crippen LogP contribution in [0.3, 0.4) is 0 Å². The van der Waals surface area contributed by atoms with Crippen molar-refractivity contribution < 1.29 is 14.3 Å². The van der Waals surface area contributed by atoms with Gasteiger partial charge in [0, 0.05) is 16.8 Å². The van der Waals surface area contributed by atoms with E-state index in [-0.39, 0.29) is 23.8 Å². The molecule has 1 fully saturated rings. The summed E-state index contributed by atoms with van der Waals surface area (Å²) in [4.78, 5) is 29.0. The molecule has 0 radical (unpaired) electrons. The zero-order valence-electron chi connectivity index (χ0n) is 17.8. The molecule has 0 unspecified atom stereocenters. The van der Waals surface area contributed by atoms with Crippen LogP contribution in [0, 0.1) is 11.8 Å². The Hall–Kier alpha value is -2.14. The van der Waals surface area contributed by atoms with Crippen LogP contribution in [-0.4, -0.2) is 24.5 Å². The van der Waals surface area contributed by atoms with Crippen LogP contribution < -0.4 is 4.90 Å². The fourth-order valence-electron chi connectivity index (χ4n) is 3.95. The molecule has 0 spiro atoms. The average Bonchev–Trinajstić information content (AvgIpc) is 3.14. The number of rotatable bonds is 6. The minimum Gasteiger partial charge on any atom is -0.462 e. The van der Waals surface area contributed by atoms with Gasteiger partial charge in [0.15, 0.2) is 0 Å². The molecule has 3 rings (SSSR count). The van der Waals surface area contributed by atoms with Crippen LogP contribution >= 0.6 is 11.3 Å². The summed E-state index contributed by atoms with van der Waals surface area (Å²) in [6.07, 6.45) is 4.03. The number of hydrogen-bond acceptors (Lipinski definition) is 4. The zero-order chi connectivity index (χ0) is 21.0. The predicted octanol–water partition coefficient (Wildman–Crippen LogP) is 6.16. The minimum absolute atomic E-state index is 0.0303. The summed E-state index contributed by atoms with van der Waals surface area (Å²) in [6.45, 7) is 8.40. The molecule has 5 heteroatoms. The van der Waals surface area contributed by atoms with Gasteiger partial charge in [0.05, 0.1) is 12.2 Å². The van der Waals surface area contributed by atoms with Crippen LogP contribution in [0.5, 0.6) is 0 Å². The number of amides is 1. The van der Waals surface area contributed by atoms with E-state index in [0.717, 1.165) is 36.1 Å². The maximum absolute atomic E-state index is 13.5. The van der Waals surface area contributed by atoms with Gasteiger partial charge in [-0.3, -0.25) is 4.79 Å². The molecule has 1 saturated carbocycles. The molecule has 0 N–H and O–H groups in total. The largest absolute Gasteiger partial charge is 0.462 e. The first-order valence-electron chi connectivity index (χ1n) is 10.6. The molecule has 1 aromatic carbocycles. The number of ether oxygens (including phenoxy) is 1. The Balaban J connectivity index is 2.01. The maximum atomic E-state index is 13.5. The monoisotopic (exact) mass is 413 g/mol. The molecule has 156 valence electrons. The first-order chi connectivity index (χ1) is 13.9. The highest BCUT2D eigenvalue weighted by Gasteiger charge is 2.33. The average molecular weight is 414 g/mol. The molecule has 0 saturated heterocycles. The predicted molar refractivity (Wildman–Crippen MR) is 119 cm³/mol. The summed E-state index contributed by atoms with van der Waals surface area (Å²) in [5.74, 6) is 0.495. The number of anilines is 1. The lowest BCUT2D eigenvalue weighted by Gasteiger charge is -2.33. The molecule has 1 aliphatic carbocycles. The lowest BCUT2D eigenvalue weighted by molar-refractivity contribution is -0.123. The lowest BCUT2D eigenvalue weighted by atomic mass is 9.82. The van der Waals surface area contributed by atoms with E-state index in [9.17, 15) is 9.59 Å². The summed E-state index contributed by atoms with van der Waals surface area (Å²) in [6, 6.07) is 11.8. The highest BCUT2D eigenvalue weighted by molar-refractivity contribution is 7.20. The van der Waals surface area contributed by atoms with Crippen molar-refractivity contribution in [2.75, 3.05) is 11.5 Å². The third-order valence-electron chi connectivity index (χ3n) is 5.60. The summed E-state index contributed by atoms with van der Waals surface area (Å²) in [7, 11) is 0. The fourth-order valence-corrected chi connectivity index (χ4v) is 5.24. The number of benzene rings is 1. The van der Waals surface area contributed by atoms with E-state index >= 15 is 0 Å². The van der Waals surface area contributed by atoms with Crippen molar-refractivity contribution in [3.05, 3.63) is 42.0 Å². The number of carbonyl (C=O) groups excluding carboxylic acids is 2. The second-order valence-corrected chi connectivity index (χ2v) is 9.21. The van der Waals surface area contributed by atoms with E-state index < -0.39 is 0 Å². The van der Waals surface area contributed by atoms with E-state index in [1.165, 1.54) is 11.3 Å². The SMILES string of the molecule is CCOC(=O)c1cc(-c2ccccc2)sc1N(C(=O)[C@H]1CC[C@H](C)CC1)C(C)C. The van der Waals surface area contributed by atoms with Crippen molar-refractivity contribution in [2.24, 2.45) is 11.8 Å². The molecular weight excluding hydrogens is 382 g/mol. The second kappa shape index (κ2) is 9.57. The molecule has 1 aliphatic rings. The zero-order valence-corrected chi connectivity index (χ0v) is 18.6. The van der Waals surface area contributed by atoms with Gasteiger partial charge in [-0.1, -0.05) is 37.3 Å². The van der Waals surface area contributed by atoms with Gasteiger partial charge in [-0.25, -0.2) is 4.79 Å². The molecule has 1 amide bonds. The van der Waals surface area contributed by atoms with Crippen LogP contribution in [0.1, 0.15) is 63.7 Å². The van der Waals surface area contributed by atoms with E-state index in [0.29, 0.717) is 23.1 Å². The highest BCUT2D eigenvalue weighted by atomic mass is 32.1. The van der Waals surface area contributed by atoms with Crippen LogP contribution in [0.15, 0.2) is 36.4 Å². The van der Waals surface area contributed by atoms with E-state index in [1.54, 1.807) is 6.92 Å². The second-order valence-electron chi connectivity index (χ2n) is 8.17. The van der Waals surface area contributed by atoms with E-state index in [4.69, 9.17) is 4.74 Å². The molecular formula is C24H31NO3S. The maximum Gasteiger partial charge on any atom is 0.341 e. The molecule has 0 bridgehead atoms. The summed E-state index contributed by atoms with van der Waals surface area (Å²) in [5, 5.41) is 0.709. The van der Waals surface area contributed by atoms with Crippen LogP contribution in [0.25, 0.3) is 10.4 Å². The molecule has 0 atom stereocenters. The number of carbonyl (C=O) groups is 2. The van der Waals surface area contributed by atoms with Gasteiger partial charge in [-0.2, -0.15) is 0 Å². The third kappa shape index (κ3) is 4.89. The minimum atomic E-state index is -0.364. The van der Waals surface area contributed by atoms with Crippen molar-refractivity contribution in [1.29, 1.82) is 0 Å². The number of nitrogens with zero attached hydrogens (tertiary/aromatic N) is 1. The Morgan fingerprint density at radius 2 is 1.79 bits per heavy atom. The standard InChI is InChI=1S/C24H31NO3S/c1-5-28-24(27)20-15-21(18-9-7-6-8-10-18)29-23(20)25(16(2)3)22(26)19-13-11-17(4)12-14-19/h6-10,15-17,19H,5,11-14H2,1-4H3/t17-,19-. The number of hydrogen-bond donors (Lipinski definition) is 0. The quantitative estimate of drug-likeness (QED) is 0.533. The van der Waals surface area contributed by atoms with Crippen LogP contribution in [0.2, 0.25) is 0 Å². The lowest BCUT2D eigenvalue weighted by Crippen LogP contribution is -2.42. The van der Waals surface area contributed by atoms with Gasteiger partial charge in [0.2, 0.25) is 5.91 Å². The first-order valence-corrected chi connectivity index (χ1v) is 11.4. The highest BCUT2D eigenvalue weighted by Crippen LogP contribution is 2.41. The fraction of sp³-hybridized carbons (Fsp3) is 0.500. The Labute approximate surface area is 177 Å². The number of thiophene rings is 1. The smallest absolute Gasteiger partial charge is 0.341 e. The molecule has 2 aromatic rings. The Bertz CT molecular complexity index is 835. The molecule has 4 nitrogen and oxygen atoms in total.